The molecule has 0 aliphatic heterocycles. The Kier molecular flexibility index (Phi) is 4.18. The number of nitrogens with zero attached hydrogens (tertiary/aromatic N) is 3. The molecule has 5 rings (SSSR count). The lowest BCUT2D eigenvalue weighted by Gasteiger charge is -1.96. The van der Waals surface area contributed by atoms with Crippen LogP contribution in [0.3, 0.4) is 0 Å². The monoisotopic (exact) mass is 449 g/mol. The van der Waals surface area contributed by atoms with Crippen molar-refractivity contribution in [2.45, 2.75) is 0 Å². The van der Waals surface area contributed by atoms with Gasteiger partial charge in [-0.25, -0.2) is 0 Å². The molecule has 0 bridgehead atoms. The number of benzene rings is 2. The number of fused-ring (bicyclic) bond motifs is 1. The molecule has 0 atom stereocenters. The van der Waals surface area contributed by atoms with E-state index in [0.29, 0.717) is 21.1 Å². The minimum atomic E-state index is -0.198. The van der Waals surface area contributed by atoms with Gasteiger partial charge in [0.05, 0.1) is 0 Å². The van der Waals surface area contributed by atoms with E-state index in [1.807, 2.05) is 66.7 Å². The summed E-state index contributed by atoms with van der Waals surface area (Å²) in [4.78, 5) is 17.7. The summed E-state index contributed by atoms with van der Waals surface area (Å²) in [5, 5.41) is 4.35. The Hall–Kier alpha value is -3.03. The van der Waals surface area contributed by atoms with Gasteiger partial charge in [0.25, 0.3) is 5.56 Å². The summed E-state index contributed by atoms with van der Waals surface area (Å²) in [5.41, 5.74) is 1.66. The van der Waals surface area contributed by atoms with Crippen molar-refractivity contribution in [1.82, 2.24) is 14.6 Å². The Morgan fingerprint density at radius 3 is 2.50 bits per heavy atom. The molecule has 0 aliphatic rings. The second-order valence-electron chi connectivity index (χ2n) is 6.12. The summed E-state index contributed by atoms with van der Waals surface area (Å²) >= 11 is 4.72. The Morgan fingerprint density at radius 1 is 0.964 bits per heavy atom. The predicted molar refractivity (Wildman–Crippen MR) is 113 cm³/mol. The molecule has 136 valence electrons. The highest BCUT2D eigenvalue weighted by Crippen LogP contribution is 2.24. The van der Waals surface area contributed by atoms with Crippen LogP contribution in [0.1, 0.15) is 5.76 Å². The molecule has 0 spiro atoms. The smallest absolute Gasteiger partial charge is 0.291 e. The van der Waals surface area contributed by atoms with Gasteiger partial charge in [-0.15, -0.1) is 5.10 Å². The Bertz CT molecular complexity index is 1390. The number of hydrogen-bond donors (Lipinski definition) is 0. The third-order valence-electron chi connectivity index (χ3n) is 4.24. The van der Waals surface area contributed by atoms with Crippen molar-refractivity contribution in [3.8, 4) is 22.7 Å². The molecule has 5 aromatic rings. The van der Waals surface area contributed by atoms with Crippen molar-refractivity contribution in [2.24, 2.45) is 0 Å². The van der Waals surface area contributed by atoms with Crippen LogP contribution in [0.15, 0.2) is 80.4 Å². The third kappa shape index (κ3) is 3.08. The van der Waals surface area contributed by atoms with Gasteiger partial charge in [0, 0.05) is 21.7 Å². The number of furan rings is 1. The van der Waals surface area contributed by atoms with E-state index >= 15 is 0 Å². The largest absolute Gasteiger partial charge is 0.457 e. The molecule has 2 aromatic carbocycles. The molecule has 0 radical (unpaired) electrons. The maximum absolute atomic E-state index is 12.7. The maximum atomic E-state index is 12.7. The Morgan fingerprint density at radius 2 is 1.75 bits per heavy atom. The Labute approximate surface area is 171 Å². The molecule has 0 saturated heterocycles. The van der Waals surface area contributed by atoms with Gasteiger partial charge in [-0.3, -0.25) is 4.79 Å². The average molecular weight is 450 g/mol. The topological polar surface area (TPSA) is 60.4 Å². The van der Waals surface area contributed by atoms with Crippen molar-refractivity contribution >= 4 is 38.3 Å². The number of hydrogen-bond acceptors (Lipinski definition) is 5. The second kappa shape index (κ2) is 6.85. The summed E-state index contributed by atoms with van der Waals surface area (Å²) in [6, 6.07) is 21.2. The molecule has 3 aromatic heterocycles. The third-order valence-corrected chi connectivity index (χ3v) is 5.73. The van der Waals surface area contributed by atoms with Crippen LogP contribution in [0.5, 0.6) is 0 Å². The fourth-order valence-electron chi connectivity index (χ4n) is 2.87. The van der Waals surface area contributed by atoms with E-state index in [4.69, 9.17) is 4.42 Å². The first-order valence-corrected chi connectivity index (χ1v) is 10.1. The summed E-state index contributed by atoms with van der Waals surface area (Å²) in [6.07, 6.45) is 1.73. The lowest BCUT2D eigenvalue weighted by Crippen LogP contribution is -2.23. The normalized spacial score (nSPS) is 12.1. The lowest BCUT2D eigenvalue weighted by atomic mass is 10.2. The minimum Gasteiger partial charge on any atom is -0.457 e. The van der Waals surface area contributed by atoms with Crippen LogP contribution in [-0.2, 0) is 0 Å². The molecule has 0 unspecified atom stereocenters. The Balaban J connectivity index is 1.52. The van der Waals surface area contributed by atoms with Crippen LogP contribution in [0, 0.1) is 0 Å². The van der Waals surface area contributed by atoms with Gasteiger partial charge in [-0.05, 0) is 24.3 Å². The molecule has 28 heavy (non-hydrogen) atoms. The van der Waals surface area contributed by atoms with Gasteiger partial charge < -0.3 is 4.42 Å². The van der Waals surface area contributed by atoms with Crippen LogP contribution in [-0.4, -0.2) is 14.6 Å². The fraction of sp³-hybridized carbons (Fsp3) is 0. The van der Waals surface area contributed by atoms with Crippen molar-refractivity contribution in [3.63, 3.8) is 0 Å². The summed E-state index contributed by atoms with van der Waals surface area (Å²) < 4.78 is 8.77. The minimum absolute atomic E-state index is 0.198. The fourth-order valence-corrected chi connectivity index (χ4v) is 4.02. The second-order valence-corrected chi connectivity index (χ2v) is 8.05. The number of rotatable bonds is 3. The molecule has 0 saturated carbocycles. The van der Waals surface area contributed by atoms with Crippen LogP contribution < -0.4 is 10.1 Å². The van der Waals surface area contributed by atoms with Crippen molar-refractivity contribution in [3.05, 3.63) is 91.8 Å². The van der Waals surface area contributed by atoms with Crippen LogP contribution in [0.25, 0.3) is 33.7 Å². The van der Waals surface area contributed by atoms with E-state index in [-0.39, 0.29) is 5.56 Å². The van der Waals surface area contributed by atoms with Crippen molar-refractivity contribution in [1.29, 1.82) is 0 Å². The van der Waals surface area contributed by atoms with Gasteiger partial charge in [0.15, 0.2) is 5.82 Å². The van der Waals surface area contributed by atoms with Gasteiger partial charge in [0.1, 0.15) is 16.1 Å². The van der Waals surface area contributed by atoms with Gasteiger partial charge in [-0.1, -0.05) is 69.7 Å². The quantitative estimate of drug-likeness (QED) is 0.409. The maximum Gasteiger partial charge on any atom is 0.291 e. The predicted octanol–water partition coefficient (Wildman–Crippen LogP) is 4.39. The van der Waals surface area contributed by atoms with Crippen molar-refractivity contribution in [2.75, 3.05) is 0 Å². The SMILES string of the molecule is O=c1c(=Cc2ccc(-c3ccc(Br)cc3)o2)sc2nc(-c3ccccc3)nn12. The summed E-state index contributed by atoms with van der Waals surface area (Å²) in [6.45, 7) is 0. The van der Waals surface area contributed by atoms with E-state index < -0.39 is 0 Å². The van der Waals surface area contributed by atoms with Gasteiger partial charge in [-0.2, -0.15) is 9.50 Å². The highest BCUT2D eigenvalue weighted by Gasteiger charge is 2.12. The van der Waals surface area contributed by atoms with Crippen LogP contribution >= 0.6 is 27.3 Å². The van der Waals surface area contributed by atoms with Crippen LogP contribution in [0.2, 0.25) is 0 Å². The van der Waals surface area contributed by atoms with Gasteiger partial charge >= 0.3 is 0 Å². The molecule has 7 heteroatoms. The molecule has 0 N–H and O–H groups in total. The molecular weight excluding hydrogens is 438 g/mol. The number of aromatic nitrogens is 3. The molecule has 3 heterocycles. The molecule has 0 fully saturated rings. The molecule has 0 aliphatic carbocycles. The standard InChI is InChI=1S/C21H12BrN3O2S/c22-15-8-6-13(7-9-15)17-11-10-16(27-17)12-18-20(26)25-21(28-18)23-19(24-25)14-4-2-1-3-5-14/h1-12H. The van der Waals surface area contributed by atoms with E-state index in [9.17, 15) is 4.79 Å². The first-order valence-electron chi connectivity index (χ1n) is 8.50. The van der Waals surface area contributed by atoms with E-state index in [1.165, 1.54) is 15.9 Å². The molecular formula is C21H12BrN3O2S. The van der Waals surface area contributed by atoms with E-state index in [2.05, 4.69) is 26.0 Å². The highest BCUT2D eigenvalue weighted by molar-refractivity contribution is 9.10. The zero-order valence-electron chi connectivity index (χ0n) is 14.4. The number of halogens is 1. The zero-order chi connectivity index (χ0) is 19.1. The highest BCUT2D eigenvalue weighted by atomic mass is 79.9. The molecule has 0 amide bonds. The van der Waals surface area contributed by atoms with Gasteiger partial charge in [0.2, 0.25) is 4.96 Å². The average Bonchev–Trinajstić information content (AvgIpc) is 3.41. The lowest BCUT2D eigenvalue weighted by molar-refractivity contribution is 0.571. The molecule has 5 nitrogen and oxygen atoms in total. The van der Waals surface area contributed by atoms with Crippen molar-refractivity contribution < 1.29 is 4.42 Å². The summed E-state index contributed by atoms with van der Waals surface area (Å²) in [5.74, 6) is 1.91. The zero-order valence-corrected chi connectivity index (χ0v) is 16.8. The number of thiazole rings is 1. The first-order chi connectivity index (χ1) is 13.7. The van der Waals surface area contributed by atoms with E-state index in [1.54, 1.807) is 6.08 Å². The van der Waals surface area contributed by atoms with Crippen LogP contribution in [0.4, 0.5) is 0 Å². The summed E-state index contributed by atoms with van der Waals surface area (Å²) in [7, 11) is 0. The first kappa shape index (κ1) is 17.1. The van der Waals surface area contributed by atoms with E-state index in [0.717, 1.165) is 21.4 Å².